The number of amides is 2. The van der Waals surface area contributed by atoms with Gasteiger partial charge in [0.05, 0.1) is 12.1 Å². The minimum Gasteiger partial charge on any atom is -0.389 e. The van der Waals surface area contributed by atoms with E-state index in [0.717, 1.165) is 6.42 Å². The number of nitrogens with one attached hydrogen (secondary N) is 1. The largest absolute Gasteiger partial charge is 0.389 e. The van der Waals surface area contributed by atoms with Gasteiger partial charge in [-0.15, -0.1) is 0 Å². The van der Waals surface area contributed by atoms with Crippen LogP contribution in [0.3, 0.4) is 0 Å². The first-order chi connectivity index (χ1) is 9.19. The van der Waals surface area contributed by atoms with Crippen LogP contribution in [0, 0.1) is 13.8 Å². The lowest BCUT2D eigenvalue weighted by molar-refractivity contribution is 0.0532. The fourth-order valence-corrected chi connectivity index (χ4v) is 2.22. The highest BCUT2D eigenvalue weighted by Gasteiger charge is 2.18. The molecule has 1 rings (SSSR count). The van der Waals surface area contributed by atoms with Gasteiger partial charge in [0, 0.05) is 13.6 Å². The maximum atomic E-state index is 11.9. The van der Waals surface area contributed by atoms with Crippen LogP contribution in [0.15, 0.2) is 18.2 Å². The fourth-order valence-electron chi connectivity index (χ4n) is 2.22. The fraction of sp³-hybridized carbons (Fsp3) is 0.562. The third kappa shape index (κ3) is 5.61. The van der Waals surface area contributed by atoms with E-state index in [1.807, 2.05) is 0 Å². The average molecular weight is 278 g/mol. The molecule has 0 bridgehead atoms. The van der Waals surface area contributed by atoms with E-state index in [0.29, 0.717) is 13.1 Å². The SMILES string of the molecule is Cc1ccc(CCNC(=O)N(C)CC(C)(C)O)c(C)c1. The van der Waals surface area contributed by atoms with Gasteiger partial charge in [-0.2, -0.15) is 0 Å². The van der Waals surface area contributed by atoms with Crippen LogP contribution in [0.2, 0.25) is 0 Å². The van der Waals surface area contributed by atoms with E-state index in [4.69, 9.17) is 0 Å². The van der Waals surface area contributed by atoms with Crippen LogP contribution in [-0.2, 0) is 6.42 Å². The number of aryl methyl sites for hydroxylation is 2. The van der Waals surface area contributed by atoms with Gasteiger partial charge in [-0.3, -0.25) is 0 Å². The molecule has 20 heavy (non-hydrogen) atoms. The van der Waals surface area contributed by atoms with Crippen molar-refractivity contribution in [3.63, 3.8) is 0 Å². The monoisotopic (exact) mass is 278 g/mol. The van der Waals surface area contributed by atoms with Crippen LogP contribution >= 0.6 is 0 Å². The first-order valence-electron chi connectivity index (χ1n) is 6.96. The molecule has 0 unspecified atom stereocenters. The van der Waals surface area contributed by atoms with Gasteiger partial charge in [-0.05, 0) is 45.2 Å². The molecule has 0 atom stereocenters. The van der Waals surface area contributed by atoms with E-state index < -0.39 is 5.60 Å². The first kappa shape index (κ1) is 16.5. The Morgan fingerprint density at radius 2 is 2.00 bits per heavy atom. The number of likely N-dealkylation sites (N-methyl/N-ethyl adjacent to an activating group) is 1. The van der Waals surface area contributed by atoms with Gasteiger partial charge >= 0.3 is 6.03 Å². The van der Waals surface area contributed by atoms with Crippen molar-refractivity contribution in [1.29, 1.82) is 0 Å². The summed E-state index contributed by atoms with van der Waals surface area (Å²) in [6.45, 7) is 8.44. The van der Waals surface area contributed by atoms with Gasteiger partial charge in [0.15, 0.2) is 0 Å². The highest BCUT2D eigenvalue weighted by atomic mass is 16.3. The molecule has 0 saturated carbocycles. The zero-order valence-corrected chi connectivity index (χ0v) is 13.2. The maximum absolute atomic E-state index is 11.9. The van der Waals surface area contributed by atoms with E-state index in [-0.39, 0.29) is 6.03 Å². The van der Waals surface area contributed by atoms with Gasteiger partial charge < -0.3 is 15.3 Å². The summed E-state index contributed by atoms with van der Waals surface area (Å²) < 4.78 is 0. The van der Waals surface area contributed by atoms with Crippen LogP contribution in [0.25, 0.3) is 0 Å². The van der Waals surface area contributed by atoms with Gasteiger partial charge in [0.2, 0.25) is 0 Å². The standard InChI is InChI=1S/C16H26N2O2/c1-12-6-7-14(13(2)10-12)8-9-17-15(19)18(5)11-16(3,4)20/h6-7,10,20H,8-9,11H2,1-5H3,(H,17,19). The predicted molar refractivity (Wildman–Crippen MR) is 81.9 cm³/mol. The topological polar surface area (TPSA) is 52.6 Å². The Kier molecular flexibility index (Phi) is 5.57. The zero-order valence-electron chi connectivity index (χ0n) is 13.2. The minimum atomic E-state index is -0.875. The molecular formula is C16H26N2O2. The Morgan fingerprint density at radius 3 is 2.55 bits per heavy atom. The Hall–Kier alpha value is -1.55. The Bertz CT molecular complexity index is 464. The van der Waals surface area contributed by atoms with Gasteiger partial charge in [-0.1, -0.05) is 23.8 Å². The number of carbonyl (C=O) groups is 1. The lowest BCUT2D eigenvalue weighted by Crippen LogP contribution is -2.45. The summed E-state index contributed by atoms with van der Waals surface area (Å²) in [6, 6.07) is 6.19. The van der Waals surface area contributed by atoms with Crippen molar-refractivity contribution in [3.8, 4) is 0 Å². The van der Waals surface area contributed by atoms with Crippen LogP contribution in [0.5, 0.6) is 0 Å². The maximum Gasteiger partial charge on any atom is 0.317 e. The third-order valence-electron chi connectivity index (χ3n) is 3.14. The van der Waals surface area contributed by atoms with Crippen molar-refractivity contribution >= 4 is 6.03 Å². The van der Waals surface area contributed by atoms with E-state index >= 15 is 0 Å². The molecule has 2 amide bonds. The van der Waals surface area contributed by atoms with Crippen LogP contribution in [0.1, 0.15) is 30.5 Å². The molecule has 0 aliphatic rings. The van der Waals surface area contributed by atoms with Crippen LogP contribution < -0.4 is 5.32 Å². The number of carbonyl (C=O) groups excluding carboxylic acids is 1. The first-order valence-corrected chi connectivity index (χ1v) is 6.96. The van der Waals surface area contributed by atoms with Gasteiger partial charge in [-0.25, -0.2) is 4.79 Å². The van der Waals surface area contributed by atoms with Crippen molar-refractivity contribution in [2.75, 3.05) is 20.1 Å². The summed E-state index contributed by atoms with van der Waals surface area (Å²) in [4.78, 5) is 13.4. The number of urea groups is 1. The van der Waals surface area contributed by atoms with Crippen molar-refractivity contribution < 1.29 is 9.90 Å². The molecule has 0 fully saturated rings. The number of aliphatic hydroxyl groups is 1. The number of rotatable bonds is 5. The number of hydrogen-bond donors (Lipinski definition) is 2. The highest BCUT2D eigenvalue weighted by Crippen LogP contribution is 2.10. The molecule has 0 aliphatic heterocycles. The molecule has 0 aliphatic carbocycles. The second-order valence-electron chi connectivity index (χ2n) is 6.08. The molecule has 0 spiro atoms. The second kappa shape index (κ2) is 6.75. The molecule has 1 aromatic carbocycles. The summed E-state index contributed by atoms with van der Waals surface area (Å²) in [5.41, 5.74) is 2.88. The third-order valence-corrected chi connectivity index (χ3v) is 3.14. The van der Waals surface area contributed by atoms with Crippen molar-refractivity contribution in [1.82, 2.24) is 10.2 Å². The summed E-state index contributed by atoms with van der Waals surface area (Å²) in [6.07, 6.45) is 0.814. The van der Waals surface area contributed by atoms with E-state index in [2.05, 4.69) is 37.4 Å². The molecular weight excluding hydrogens is 252 g/mol. The predicted octanol–water partition coefficient (Wildman–Crippen LogP) is 2.26. The molecule has 2 N–H and O–H groups in total. The highest BCUT2D eigenvalue weighted by molar-refractivity contribution is 5.73. The molecule has 112 valence electrons. The summed E-state index contributed by atoms with van der Waals surface area (Å²) >= 11 is 0. The summed E-state index contributed by atoms with van der Waals surface area (Å²) in [5.74, 6) is 0. The quantitative estimate of drug-likeness (QED) is 0.868. The van der Waals surface area contributed by atoms with E-state index in [9.17, 15) is 9.90 Å². The lowest BCUT2D eigenvalue weighted by atomic mass is 10.0. The molecule has 0 radical (unpaired) electrons. The molecule has 0 saturated heterocycles. The van der Waals surface area contributed by atoms with Crippen LogP contribution in [-0.4, -0.2) is 41.8 Å². The van der Waals surface area contributed by atoms with Gasteiger partial charge in [0.1, 0.15) is 0 Å². The Balaban J connectivity index is 2.42. The summed E-state index contributed by atoms with van der Waals surface area (Å²) in [5, 5.41) is 12.6. The minimum absolute atomic E-state index is 0.156. The van der Waals surface area contributed by atoms with Gasteiger partial charge in [0.25, 0.3) is 0 Å². The Morgan fingerprint density at radius 1 is 1.35 bits per heavy atom. The average Bonchev–Trinajstić information content (AvgIpc) is 2.29. The zero-order chi connectivity index (χ0) is 15.3. The molecule has 1 aromatic rings. The normalized spacial score (nSPS) is 11.3. The molecule has 0 aromatic heterocycles. The summed E-state index contributed by atoms with van der Waals surface area (Å²) in [7, 11) is 1.68. The second-order valence-corrected chi connectivity index (χ2v) is 6.08. The van der Waals surface area contributed by atoms with Crippen molar-refractivity contribution in [2.45, 2.75) is 39.7 Å². The van der Waals surface area contributed by atoms with Crippen molar-refractivity contribution in [3.05, 3.63) is 34.9 Å². The number of benzene rings is 1. The number of nitrogens with zero attached hydrogens (tertiary/aromatic N) is 1. The lowest BCUT2D eigenvalue weighted by Gasteiger charge is -2.25. The molecule has 4 nitrogen and oxygen atoms in total. The number of hydrogen-bond acceptors (Lipinski definition) is 2. The smallest absolute Gasteiger partial charge is 0.317 e. The molecule has 4 heteroatoms. The van der Waals surface area contributed by atoms with Crippen molar-refractivity contribution in [2.24, 2.45) is 0 Å². The Labute approximate surface area is 121 Å². The molecule has 0 heterocycles. The van der Waals surface area contributed by atoms with E-state index in [1.165, 1.54) is 21.6 Å². The van der Waals surface area contributed by atoms with E-state index in [1.54, 1.807) is 20.9 Å². The van der Waals surface area contributed by atoms with Crippen LogP contribution in [0.4, 0.5) is 4.79 Å².